The highest BCUT2D eigenvalue weighted by Crippen LogP contribution is 2.43. The number of carbonyl (C=O) groups is 1. The maximum atomic E-state index is 14.2. The molecule has 2 heterocycles. The molecular weight excluding hydrogens is 404 g/mol. The number of benzene rings is 1. The second kappa shape index (κ2) is 9.43. The van der Waals surface area contributed by atoms with E-state index < -0.39 is 5.60 Å². The molecule has 1 N–H and O–H groups in total. The summed E-state index contributed by atoms with van der Waals surface area (Å²) in [5, 5.41) is 14.2. The smallest absolute Gasteiger partial charge is 0.263 e. The number of amides is 1. The first kappa shape index (κ1) is 22.5. The van der Waals surface area contributed by atoms with E-state index in [0.717, 1.165) is 61.5 Å². The van der Waals surface area contributed by atoms with Crippen LogP contribution in [0.15, 0.2) is 47.8 Å². The van der Waals surface area contributed by atoms with Crippen molar-refractivity contribution in [3.63, 3.8) is 0 Å². The first-order chi connectivity index (χ1) is 14.9. The topological polar surface area (TPSA) is 40.5 Å². The number of likely N-dealkylation sites (tertiary alicyclic amines) is 1. The fourth-order valence-corrected chi connectivity index (χ4v) is 6.16. The summed E-state index contributed by atoms with van der Waals surface area (Å²) in [6.07, 6.45) is 9.15. The standard InChI is InChI=1S/C26H36N2O2S/c1-28(2,19-17-23-15-10-20-31-23)24-16-8-9-18-27(24)25(29)26(30,22-13-6-7-14-22)21-11-4-3-5-12-21/h3-5,8,10-12,15,20,22,24,30H,6-7,9,13-14,16-19H2,1-2H3/q+1. The van der Waals surface area contributed by atoms with Gasteiger partial charge in [-0.3, -0.25) is 9.69 Å². The Balaban J connectivity index is 1.61. The SMILES string of the molecule is C[N+](C)(CCc1cccs1)C1C[CH]CCN1C(=O)C(O)(c1ccccc1)C1CCCC1. The highest BCUT2D eigenvalue weighted by molar-refractivity contribution is 7.09. The van der Waals surface area contributed by atoms with Gasteiger partial charge in [-0.15, -0.1) is 11.3 Å². The molecule has 2 fully saturated rings. The maximum Gasteiger partial charge on any atom is 0.263 e. The van der Waals surface area contributed by atoms with E-state index in [0.29, 0.717) is 6.54 Å². The Bertz CT molecular complexity index is 846. The predicted molar refractivity (Wildman–Crippen MR) is 126 cm³/mol. The molecule has 1 saturated carbocycles. The molecule has 4 rings (SSSR count). The molecule has 0 bridgehead atoms. The molecule has 1 aliphatic carbocycles. The molecule has 1 amide bonds. The van der Waals surface area contributed by atoms with Crippen LogP contribution in [0.25, 0.3) is 0 Å². The average molecular weight is 441 g/mol. The molecule has 2 unspecified atom stereocenters. The Kier molecular flexibility index (Phi) is 6.85. The maximum absolute atomic E-state index is 14.2. The van der Waals surface area contributed by atoms with Crippen molar-refractivity contribution in [1.29, 1.82) is 0 Å². The highest BCUT2D eigenvalue weighted by Gasteiger charge is 2.51. The Morgan fingerprint density at radius 3 is 2.58 bits per heavy atom. The van der Waals surface area contributed by atoms with Crippen molar-refractivity contribution >= 4 is 17.2 Å². The predicted octanol–water partition coefficient (Wildman–Crippen LogP) is 4.60. The summed E-state index contributed by atoms with van der Waals surface area (Å²) in [6.45, 7) is 1.65. The molecule has 0 spiro atoms. The molecular formula is C26H36N2O2S+. The Labute approximate surface area is 191 Å². The fourth-order valence-electron chi connectivity index (χ4n) is 5.46. The van der Waals surface area contributed by atoms with Crippen molar-refractivity contribution < 1.29 is 14.4 Å². The molecule has 5 heteroatoms. The molecule has 31 heavy (non-hydrogen) atoms. The molecule has 1 aromatic carbocycles. The zero-order chi connectivity index (χ0) is 21.9. The van der Waals surface area contributed by atoms with Crippen LogP contribution >= 0.6 is 11.3 Å². The summed E-state index contributed by atoms with van der Waals surface area (Å²) < 4.78 is 0.746. The van der Waals surface area contributed by atoms with Gasteiger partial charge in [-0.05, 0) is 42.7 Å². The zero-order valence-corrected chi connectivity index (χ0v) is 19.7. The minimum atomic E-state index is -1.43. The van der Waals surface area contributed by atoms with Crippen molar-refractivity contribution in [3.05, 3.63) is 64.7 Å². The third-order valence-corrected chi connectivity index (χ3v) is 8.32. The number of quaternary nitrogens is 1. The molecule has 2 aliphatic rings. The molecule has 2 atom stereocenters. The van der Waals surface area contributed by atoms with Crippen LogP contribution < -0.4 is 0 Å². The van der Waals surface area contributed by atoms with Crippen LogP contribution in [0.3, 0.4) is 0 Å². The van der Waals surface area contributed by atoms with Crippen LogP contribution in [-0.2, 0) is 16.8 Å². The quantitative estimate of drug-likeness (QED) is 0.640. The van der Waals surface area contributed by atoms with Gasteiger partial charge in [0.15, 0.2) is 11.8 Å². The van der Waals surface area contributed by atoms with E-state index in [1.165, 1.54) is 4.88 Å². The van der Waals surface area contributed by atoms with Crippen molar-refractivity contribution in [2.75, 3.05) is 27.2 Å². The van der Waals surface area contributed by atoms with E-state index in [4.69, 9.17) is 0 Å². The zero-order valence-electron chi connectivity index (χ0n) is 18.9. The second-order valence-corrected chi connectivity index (χ2v) is 10.8. The molecule has 4 nitrogen and oxygen atoms in total. The van der Waals surface area contributed by atoms with Crippen LogP contribution in [0.5, 0.6) is 0 Å². The molecule has 2 aromatic rings. The number of hydrogen-bond donors (Lipinski definition) is 1. The Morgan fingerprint density at radius 2 is 1.90 bits per heavy atom. The molecule has 1 aliphatic heterocycles. The third-order valence-electron chi connectivity index (χ3n) is 7.38. The summed E-state index contributed by atoms with van der Waals surface area (Å²) in [6, 6.07) is 14.0. The van der Waals surface area contributed by atoms with Crippen LogP contribution in [0.4, 0.5) is 0 Å². The number of likely N-dealkylation sites (N-methyl/N-ethyl adjacent to an activating group) is 1. The van der Waals surface area contributed by atoms with Gasteiger partial charge in [0, 0.05) is 30.2 Å². The van der Waals surface area contributed by atoms with E-state index in [1.807, 2.05) is 35.2 Å². The van der Waals surface area contributed by atoms with Crippen LogP contribution in [0.2, 0.25) is 0 Å². The lowest BCUT2D eigenvalue weighted by Crippen LogP contribution is -2.65. The minimum absolute atomic E-state index is 0.00399. The summed E-state index contributed by atoms with van der Waals surface area (Å²) in [7, 11) is 4.46. The largest absolute Gasteiger partial charge is 0.375 e. The van der Waals surface area contributed by atoms with E-state index in [9.17, 15) is 9.90 Å². The summed E-state index contributed by atoms with van der Waals surface area (Å²) in [4.78, 5) is 17.6. The lowest BCUT2D eigenvalue weighted by molar-refractivity contribution is -0.925. The van der Waals surface area contributed by atoms with E-state index in [1.54, 1.807) is 11.3 Å². The van der Waals surface area contributed by atoms with E-state index in [2.05, 4.69) is 38.0 Å². The van der Waals surface area contributed by atoms with Crippen molar-refractivity contribution in [1.82, 2.24) is 4.90 Å². The molecule has 1 aromatic heterocycles. The number of aliphatic hydroxyl groups is 1. The minimum Gasteiger partial charge on any atom is -0.375 e. The molecule has 1 radical (unpaired) electrons. The van der Waals surface area contributed by atoms with Gasteiger partial charge >= 0.3 is 0 Å². The van der Waals surface area contributed by atoms with Crippen molar-refractivity contribution in [3.8, 4) is 0 Å². The van der Waals surface area contributed by atoms with E-state index in [-0.39, 0.29) is 18.0 Å². The third kappa shape index (κ3) is 4.59. The Hall–Kier alpha value is -1.69. The second-order valence-electron chi connectivity index (χ2n) is 9.74. The van der Waals surface area contributed by atoms with Crippen LogP contribution in [0.1, 0.15) is 49.0 Å². The molecule has 1 saturated heterocycles. The van der Waals surface area contributed by atoms with Crippen molar-refractivity contribution in [2.45, 2.75) is 56.7 Å². The van der Waals surface area contributed by atoms with Gasteiger partial charge in [-0.25, -0.2) is 0 Å². The fraction of sp³-hybridized carbons (Fsp3) is 0.538. The first-order valence-corrected chi connectivity index (χ1v) is 12.6. The van der Waals surface area contributed by atoms with E-state index >= 15 is 0 Å². The van der Waals surface area contributed by atoms with Gasteiger partial charge in [0.1, 0.15) is 0 Å². The van der Waals surface area contributed by atoms with Crippen LogP contribution in [-0.4, -0.2) is 53.7 Å². The summed E-state index contributed by atoms with van der Waals surface area (Å²) >= 11 is 1.80. The highest BCUT2D eigenvalue weighted by atomic mass is 32.1. The monoisotopic (exact) mass is 440 g/mol. The van der Waals surface area contributed by atoms with Crippen LogP contribution in [0, 0.1) is 12.3 Å². The van der Waals surface area contributed by atoms with Gasteiger partial charge < -0.3 is 9.59 Å². The normalized spacial score (nSPS) is 22.4. The van der Waals surface area contributed by atoms with Crippen molar-refractivity contribution in [2.24, 2.45) is 5.92 Å². The lowest BCUT2D eigenvalue weighted by atomic mass is 9.78. The number of nitrogens with zero attached hydrogens (tertiary/aromatic N) is 2. The first-order valence-electron chi connectivity index (χ1n) is 11.7. The number of rotatable bonds is 7. The number of carbonyl (C=O) groups excluding carboxylic acids is 1. The van der Waals surface area contributed by atoms with Gasteiger partial charge in [0.05, 0.1) is 20.6 Å². The van der Waals surface area contributed by atoms with Gasteiger partial charge in [-0.1, -0.05) is 49.2 Å². The summed E-state index contributed by atoms with van der Waals surface area (Å²) in [5.74, 6) is -0.0956. The number of hydrogen-bond acceptors (Lipinski definition) is 3. The Morgan fingerprint density at radius 1 is 1.16 bits per heavy atom. The molecule has 167 valence electrons. The van der Waals surface area contributed by atoms with Gasteiger partial charge in [0.2, 0.25) is 0 Å². The lowest BCUT2D eigenvalue weighted by Gasteiger charge is -2.49. The van der Waals surface area contributed by atoms with Gasteiger partial charge in [0.25, 0.3) is 5.91 Å². The summed E-state index contributed by atoms with van der Waals surface area (Å²) in [5.41, 5.74) is -0.676. The number of piperidine rings is 1. The average Bonchev–Trinajstić information content (AvgIpc) is 3.52. The number of thiophene rings is 1. The van der Waals surface area contributed by atoms with Gasteiger partial charge in [-0.2, -0.15) is 0 Å².